The van der Waals surface area contributed by atoms with Crippen molar-refractivity contribution in [2.24, 2.45) is 0 Å². The fourth-order valence-corrected chi connectivity index (χ4v) is 3.59. The van der Waals surface area contributed by atoms with Crippen LogP contribution in [0, 0.1) is 0 Å². The van der Waals surface area contributed by atoms with E-state index in [9.17, 15) is 14.4 Å². The van der Waals surface area contributed by atoms with Gasteiger partial charge in [-0.25, -0.2) is 0 Å². The Kier molecular flexibility index (Phi) is 4.39. The van der Waals surface area contributed by atoms with E-state index in [1.807, 2.05) is 25.2 Å². The number of hydrogen-bond donors (Lipinski definition) is 1. The van der Waals surface area contributed by atoms with E-state index < -0.39 is 6.04 Å². The number of nitrogens with one attached hydrogen (secondary N) is 1. The average molecular weight is 380 g/mol. The number of halogens is 1. The van der Waals surface area contributed by atoms with Gasteiger partial charge in [0.05, 0.1) is 0 Å². The highest BCUT2D eigenvalue weighted by Crippen LogP contribution is 2.30. The summed E-state index contributed by atoms with van der Waals surface area (Å²) >= 11 is 3.42. The maximum atomic E-state index is 12.6. The van der Waals surface area contributed by atoms with Crippen LogP contribution in [0.3, 0.4) is 0 Å². The van der Waals surface area contributed by atoms with Gasteiger partial charge in [-0.05, 0) is 30.2 Å². The first-order valence-corrected chi connectivity index (χ1v) is 8.68. The van der Waals surface area contributed by atoms with Gasteiger partial charge in [-0.3, -0.25) is 19.7 Å². The molecule has 1 fully saturated rings. The summed E-state index contributed by atoms with van der Waals surface area (Å²) in [5.74, 6) is -0.780. The second kappa shape index (κ2) is 6.31. The zero-order chi connectivity index (χ0) is 16.6. The Morgan fingerprint density at radius 3 is 2.83 bits per heavy atom. The Balaban J connectivity index is 1.81. The Morgan fingerprint density at radius 2 is 2.13 bits per heavy atom. The second-order valence-corrected chi connectivity index (χ2v) is 6.64. The molecule has 1 N–H and O–H groups in total. The molecule has 1 unspecified atom stereocenters. The number of rotatable bonds is 4. The van der Waals surface area contributed by atoms with Crippen LogP contribution >= 0.6 is 15.9 Å². The fourth-order valence-electron chi connectivity index (χ4n) is 3.05. The molecule has 23 heavy (non-hydrogen) atoms. The molecule has 1 aromatic rings. The van der Waals surface area contributed by atoms with E-state index >= 15 is 0 Å². The summed E-state index contributed by atoms with van der Waals surface area (Å²) in [5.41, 5.74) is 2.62. The number of fused-ring (bicyclic) bond motifs is 1. The van der Waals surface area contributed by atoms with Gasteiger partial charge in [0, 0.05) is 43.1 Å². The number of alkyl halides is 1. The number of piperidine rings is 1. The molecule has 0 spiro atoms. The molecular weight excluding hydrogens is 362 g/mol. The first-order valence-electron chi connectivity index (χ1n) is 7.56. The summed E-state index contributed by atoms with van der Waals surface area (Å²) in [7, 11) is 2.00. The number of amides is 3. The van der Waals surface area contributed by atoms with Gasteiger partial charge in [0.25, 0.3) is 5.91 Å². The molecule has 2 aliphatic rings. The Morgan fingerprint density at radius 1 is 1.35 bits per heavy atom. The highest BCUT2D eigenvalue weighted by Gasteiger charge is 2.39. The number of nitrogens with zero attached hydrogens (tertiary/aromatic N) is 2. The summed E-state index contributed by atoms with van der Waals surface area (Å²) < 4.78 is 0. The summed E-state index contributed by atoms with van der Waals surface area (Å²) in [6.45, 7) is 1.28. The van der Waals surface area contributed by atoms with Gasteiger partial charge in [0.15, 0.2) is 0 Å². The Labute approximate surface area is 142 Å². The van der Waals surface area contributed by atoms with E-state index in [1.54, 1.807) is 4.90 Å². The highest BCUT2D eigenvalue weighted by molar-refractivity contribution is 9.09. The van der Waals surface area contributed by atoms with Gasteiger partial charge in [-0.1, -0.05) is 15.9 Å². The van der Waals surface area contributed by atoms with Crippen LogP contribution < -0.4 is 10.2 Å². The lowest BCUT2D eigenvalue weighted by Gasteiger charge is -2.29. The molecule has 0 bridgehead atoms. The normalized spacial score (nSPS) is 20.5. The van der Waals surface area contributed by atoms with Crippen LogP contribution in [-0.2, 0) is 16.1 Å². The summed E-state index contributed by atoms with van der Waals surface area (Å²) in [5, 5.41) is 3.18. The molecule has 2 aliphatic heterocycles. The molecular formula is C16H18BrN3O3. The van der Waals surface area contributed by atoms with Crippen molar-refractivity contribution in [1.29, 1.82) is 0 Å². The van der Waals surface area contributed by atoms with Gasteiger partial charge in [-0.2, -0.15) is 0 Å². The van der Waals surface area contributed by atoms with E-state index in [-0.39, 0.29) is 24.1 Å². The smallest absolute Gasteiger partial charge is 0.255 e. The van der Waals surface area contributed by atoms with Crippen molar-refractivity contribution in [2.75, 3.05) is 23.8 Å². The third-order valence-electron chi connectivity index (χ3n) is 4.37. The number of carbonyl (C=O) groups excluding carboxylic acids is 3. The van der Waals surface area contributed by atoms with Crippen molar-refractivity contribution in [3.63, 3.8) is 0 Å². The van der Waals surface area contributed by atoms with E-state index in [2.05, 4.69) is 26.1 Å². The number of imide groups is 1. The largest absolute Gasteiger partial charge is 0.374 e. The molecule has 2 heterocycles. The number of anilines is 1. The highest BCUT2D eigenvalue weighted by atomic mass is 79.9. The quantitative estimate of drug-likeness (QED) is 0.631. The van der Waals surface area contributed by atoms with E-state index in [0.29, 0.717) is 18.5 Å². The first kappa shape index (κ1) is 16.0. The number of hydrogen-bond acceptors (Lipinski definition) is 4. The molecule has 0 saturated carbocycles. The minimum absolute atomic E-state index is 0.135. The standard InChI is InChI=1S/C16H18BrN3O3/c1-19(7-6-17)11-2-3-12-10(8-11)9-20(16(12)23)13-4-5-14(21)18-15(13)22/h2-3,8,13H,4-7,9H2,1H3,(H,18,21,22). The lowest BCUT2D eigenvalue weighted by molar-refractivity contribution is -0.136. The fraction of sp³-hybridized carbons (Fsp3) is 0.438. The number of benzene rings is 1. The van der Waals surface area contributed by atoms with Gasteiger partial charge >= 0.3 is 0 Å². The molecule has 0 aromatic heterocycles. The summed E-state index contributed by atoms with van der Waals surface area (Å²) in [4.78, 5) is 39.5. The zero-order valence-corrected chi connectivity index (χ0v) is 14.4. The predicted molar refractivity (Wildman–Crippen MR) is 89.6 cm³/mol. The van der Waals surface area contributed by atoms with Crippen LogP contribution in [0.25, 0.3) is 0 Å². The average Bonchev–Trinajstić information content (AvgIpc) is 2.84. The molecule has 1 saturated heterocycles. The lowest BCUT2D eigenvalue weighted by atomic mass is 10.0. The number of carbonyl (C=O) groups is 3. The lowest BCUT2D eigenvalue weighted by Crippen LogP contribution is -2.52. The third kappa shape index (κ3) is 2.97. The van der Waals surface area contributed by atoms with E-state index in [0.717, 1.165) is 23.1 Å². The maximum Gasteiger partial charge on any atom is 0.255 e. The third-order valence-corrected chi connectivity index (χ3v) is 4.72. The monoisotopic (exact) mass is 379 g/mol. The van der Waals surface area contributed by atoms with Crippen molar-refractivity contribution in [3.8, 4) is 0 Å². The van der Waals surface area contributed by atoms with Gasteiger partial charge in [0.2, 0.25) is 11.8 Å². The summed E-state index contributed by atoms with van der Waals surface area (Å²) in [6.07, 6.45) is 0.663. The van der Waals surface area contributed by atoms with Crippen molar-refractivity contribution in [1.82, 2.24) is 10.2 Å². The van der Waals surface area contributed by atoms with Gasteiger partial charge in [0.1, 0.15) is 6.04 Å². The van der Waals surface area contributed by atoms with Crippen molar-refractivity contribution >= 4 is 39.3 Å². The molecule has 3 rings (SSSR count). The molecule has 7 heteroatoms. The van der Waals surface area contributed by atoms with Gasteiger partial charge in [-0.15, -0.1) is 0 Å². The predicted octanol–water partition coefficient (Wildman–Crippen LogP) is 1.28. The SMILES string of the molecule is CN(CCBr)c1ccc2c(c1)CN(C1CCC(=O)NC1=O)C2=O. The molecule has 6 nitrogen and oxygen atoms in total. The molecule has 1 aromatic carbocycles. The molecule has 3 amide bonds. The van der Waals surface area contributed by atoms with Crippen molar-refractivity contribution < 1.29 is 14.4 Å². The summed E-state index contributed by atoms with van der Waals surface area (Å²) in [6, 6.07) is 5.19. The van der Waals surface area contributed by atoms with Crippen LogP contribution in [0.4, 0.5) is 5.69 Å². The van der Waals surface area contributed by atoms with Crippen LogP contribution in [0.2, 0.25) is 0 Å². The second-order valence-electron chi connectivity index (χ2n) is 5.85. The molecule has 122 valence electrons. The van der Waals surface area contributed by atoms with Crippen LogP contribution in [0.5, 0.6) is 0 Å². The molecule has 0 radical (unpaired) electrons. The molecule has 1 atom stereocenters. The topological polar surface area (TPSA) is 69.7 Å². The van der Waals surface area contributed by atoms with Crippen molar-refractivity contribution in [2.45, 2.75) is 25.4 Å². The maximum absolute atomic E-state index is 12.6. The van der Waals surface area contributed by atoms with Crippen LogP contribution in [0.1, 0.15) is 28.8 Å². The van der Waals surface area contributed by atoms with Crippen molar-refractivity contribution in [3.05, 3.63) is 29.3 Å². The Bertz CT molecular complexity index is 677. The van der Waals surface area contributed by atoms with Crippen LogP contribution in [0.15, 0.2) is 18.2 Å². The van der Waals surface area contributed by atoms with Gasteiger partial charge < -0.3 is 9.80 Å². The van der Waals surface area contributed by atoms with Crippen LogP contribution in [-0.4, -0.2) is 47.6 Å². The molecule has 0 aliphatic carbocycles. The minimum atomic E-state index is -0.559. The minimum Gasteiger partial charge on any atom is -0.374 e. The zero-order valence-electron chi connectivity index (χ0n) is 12.8. The van der Waals surface area contributed by atoms with E-state index in [4.69, 9.17) is 0 Å². The Hall–Kier alpha value is -1.89. The van der Waals surface area contributed by atoms with E-state index in [1.165, 1.54) is 0 Å². The first-order chi connectivity index (χ1) is 11.0.